The van der Waals surface area contributed by atoms with Gasteiger partial charge in [0.15, 0.2) is 5.82 Å². The van der Waals surface area contributed by atoms with Gasteiger partial charge in [0.25, 0.3) is 0 Å². The van der Waals surface area contributed by atoms with Gasteiger partial charge in [0, 0.05) is 43.8 Å². The molecule has 8 heteroatoms. The van der Waals surface area contributed by atoms with Crippen LogP contribution in [-0.4, -0.2) is 43.3 Å². The number of rotatable bonds is 7. The first-order valence-corrected chi connectivity index (χ1v) is 7.78. The van der Waals surface area contributed by atoms with Crippen molar-refractivity contribution in [2.75, 3.05) is 37.4 Å². The molecule has 0 atom stereocenters. The summed E-state index contributed by atoms with van der Waals surface area (Å²) in [4.78, 5) is 13.8. The van der Waals surface area contributed by atoms with Gasteiger partial charge in [-0.1, -0.05) is 17.7 Å². The van der Waals surface area contributed by atoms with Gasteiger partial charge in [-0.2, -0.15) is 5.10 Å². The van der Waals surface area contributed by atoms with Crippen LogP contribution < -0.4 is 15.5 Å². The van der Waals surface area contributed by atoms with Crippen LogP contribution in [0.4, 0.5) is 15.9 Å². The van der Waals surface area contributed by atoms with Crippen molar-refractivity contribution in [3.8, 4) is 0 Å². The molecule has 128 valence electrons. The second-order valence-electron chi connectivity index (χ2n) is 5.35. The molecule has 0 aliphatic carbocycles. The van der Waals surface area contributed by atoms with Crippen LogP contribution in [0.25, 0.3) is 0 Å². The summed E-state index contributed by atoms with van der Waals surface area (Å²) in [6.07, 6.45) is 1.56. The zero-order chi connectivity index (χ0) is 17.5. The van der Waals surface area contributed by atoms with Crippen LogP contribution in [0.15, 0.2) is 30.5 Å². The molecule has 1 aromatic carbocycles. The third-order valence-corrected chi connectivity index (χ3v) is 3.66. The summed E-state index contributed by atoms with van der Waals surface area (Å²) >= 11 is 5.90. The maximum Gasteiger partial charge on any atom is 0.224 e. The van der Waals surface area contributed by atoms with Crippen LogP contribution in [0.2, 0.25) is 5.02 Å². The Morgan fingerprint density at radius 1 is 1.33 bits per heavy atom. The molecule has 0 bridgehead atoms. The number of hydrogen-bond donors (Lipinski definition) is 2. The Balaban J connectivity index is 1.78. The Morgan fingerprint density at radius 3 is 2.83 bits per heavy atom. The SMILES string of the molecule is CN(C)c1cnnc(NCCNC(=O)Cc2c(F)cccc2Cl)c1. The van der Waals surface area contributed by atoms with Gasteiger partial charge in [-0.15, -0.1) is 5.10 Å². The van der Waals surface area contributed by atoms with E-state index in [0.29, 0.717) is 18.9 Å². The number of hydrogen-bond acceptors (Lipinski definition) is 5. The Labute approximate surface area is 145 Å². The van der Waals surface area contributed by atoms with Gasteiger partial charge in [-0.05, 0) is 12.1 Å². The zero-order valence-corrected chi connectivity index (χ0v) is 14.3. The molecule has 0 radical (unpaired) electrons. The minimum atomic E-state index is -0.480. The number of nitrogens with zero attached hydrogens (tertiary/aromatic N) is 3. The summed E-state index contributed by atoms with van der Waals surface area (Å²) in [6.45, 7) is 0.848. The quantitative estimate of drug-likeness (QED) is 0.748. The highest BCUT2D eigenvalue weighted by molar-refractivity contribution is 6.31. The molecule has 1 aromatic heterocycles. The predicted molar refractivity (Wildman–Crippen MR) is 93.0 cm³/mol. The first-order chi connectivity index (χ1) is 11.5. The number of amides is 1. The fraction of sp³-hybridized carbons (Fsp3) is 0.312. The highest BCUT2D eigenvalue weighted by atomic mass is 35.5. The smallest absolute Gasteiger partial charge is 0.224 e. The van der Waals surface area contributed by atoms with Crippen molar-refractivity contribution in [1.82, 2.24) is 15.5 Å². The number of benzene rings is 1. The molecule has 0 saturated heterocycles. The van der Waals surface area contributed by atoms with Crippen LogP contribution in [0.5, 0.6) is 0 Å². The van der Waals surface area contributed by atoms with E-state index < -0.39 is 5.82 Å². The molecule has 1 amide bonds. The number of carbonyl (C=O) groups is 1. The molecule has 24 heavy (non-hydrogen) atoms. The van der Waals surface area contributed by atoms with Crippen molar-refractivity contribution >= 4 is 29.0 Å². The van der Waals surface area contributed by atoms with Crippen molar-refractivity contribution in [1.29, 1.82) is 0 Å². The van der Waals surface area contributed by atoms with Crippen LogP contribution >= 0.6 is 11.6 Å². The molecule has 2 N–H and O–H groups in total. The third kappa shape index (κ3) is 5.06. The summed E-state index contributed by atoms with van der Waals surface area (Å²) in [5, 5.41) is 13.9. The minimum absolute atomic E-state index is 0.0958. The molecule has 0 fully saturated rings. The number of halogens is 2. The van der Waals surface area contributed by atoms with Crippen molar-refractivity contribution in [3.05, 3.63) is 46.9 Å². The fourth-order valence-corrected chi connectivity index (χ4v) is 2.23. The highest BCUT2D eigenvalue weighted by Gasteiger charge is 2.11. The van der Waals surface area contributed by atoms with Gasteiger partial charge < -0.3 is 15.5 Å². The summed E-state index contributed by atoms with van der Waals surface area (Å²) in [6, 6.07) is 6.21. The van der Waals surface area contributed by atoms with E-state index in [1.165, 1.54) is 12.1 Å². The zero-order valence-electron chi connectivity index (χ0n) is 13.5. The Kier molecular flexibility index (Phi) is 6.31. The molecule has 0 aliphatic rings. The molecular formula is C16H19ClFN5O. The van der Waals surface area contributed by atoms with Gasteiger partial charge in [0.2, 0.25) is 5.91 Å². The lowest BCUT2D eigenvalue weighted by atomic mass is 10.1. The lowest BCUT2D eigenvalue weighted by Gasteiger charge is -2.13. The van der Waals surface area contributed by atoms with E-state index in [4.69, 9.17) is 11.6 Å². The number of nitrogens with one attached hydrogen (secondary N) is 2. The Morgan fingerprint density at radius 2 is 2.12 bits per heavy atom. The van der Waals surface area contributed by atoms with Crippen LogP contribution in [0.1, 0.15) is 5.56 Å². The average molecular weight is 352 g/mol. The first-order valence-electron chi connectivity index (χ1n) is 7.41. The maximum atomic E-state index is 13.6. The van der Waals surface area contributed by atoms with Crippen molar-refractivity contribution in [3.63, 3.8) is 0 Å². The predicted octanol–water partition coefficient (Wildman–Crippen LogP) is 2.11. The van der Waals surface area contributed by atoms with E-state index in [9.17, 15) is 9.18 Å². The van der Waals surface area contributed by atoms with E-state index in [2.05, 4.69) is 20.8 Å². The normalized spacial score (nSPS) is 10.3. The molecule has 2 aromatic rings. The van der Waals surface area contributed by atoms with Crippen molar-refractivity contribution in [2.45, 2.75) is 6.42 Å². The second kappa shape index (κ2) is 8.44. The number of aromatic nitrogens is 2. The first kappa shape index (κ1) is 17.9. The van der Waals surface area contributed by atoms with Gasteiger partial charge >= 0.3 is 0 Å². The largest absolute Gasteiger partial charge is 0.376 e. The molecule has 2 rings (SSSR count). The maximum absolute atomic E-state index is 13.6. The molecule has 0 unspecified atom stereocenters. The second-order valence-corrected chi connectivity index (χ2v) is 5.75. The van der Waals surface area contributed by atoms with Gasteiger partial charge in [-0.3, -0.25) is 4.79 Å². The summed E-state index contributed by atoms with van der Waals surface area (Å²) in [5.74, 6) is -0.156. The minimum Gasteiger partial charge on any atom is -0.376 e. The lowest BCUT2D eigenvalue weighted by molar-refractivity contribution is -0.120. The average Bonchev–Trinajstić information content (AvgIpc) is 2.55. The van der Waals surface area contributed by atoms with Crippen molar-refractivity contribution in [2.24, 2.45) is 0 Å². The van der Waals surface area contributed by atoms with E-state index in [1.807, 2.05) is 25.1 Å². The van der Waals surface area contributed by atoms with E-state index in [0.717, 1.165) is 5.69 Å². The van der Waals surface area contributed by atoms with Gasteiger partial charge in [0.1, 0.15) is 5.82 Å². The molecular weight excluding hydrogens is 333 g/mol. The summed E-state index contributed by atoms with van der Waals surface area (Å²) in [5.41, 5.74) is 1.12. The molecule has 1 heterocycles. The molecule has 0 aliphatic heterocycles. The van der Waals surface area contributed by atoms with Crippen molar-refractivity contribution < 1.29 is 9.18 Å². The Hall–Kier alpha value is -2.41. The van der Waals surface area contributed by atoms with Crippen LogP contribution in [0.3, 0.4) is 0 Å². The van der Waals surface area contributed by atoms with E-state index >= 15 is 0 Å². The molecule has 6 nitrogen and oxygen atoms in total. The monoisotopic (exact) mass is 351 g/mol. The Bertz CT molecular complexity index is 690. The van der Waals surface area contributed by atoms with Crippen LogP contribution in [-0.2, 0) is 11.2 Å². The summed E-state index contributed by atoms with van der Waals surface area (Å²) < 4.78 is 13.6. The summed E-state index contributed by atoms with van der Waals surface area (Å²) in [7, 11) is 3.82. The van der Waals surface area contributed by atoms with E-state index in [-0.39, 0.29) is 22.9 Å². The molecule has 0 spiro atoms. The highest BCUT2D eigenvalue weighted by Crippen LogP contribution is 2.19. The number of carbonyl (C=O) groups excluding carboxylic acids is 1. The van der Waals surface area contributed by atoms with Gasteiger partial charge in [-0.25, -0.2) is 4.39 Å². The number of anilines is 2. The third-order valence-electron chi connectivity index (χ3n) is 3.31. The lowest BCUT2D eigenvalue weighted by Crippen LogP contribution is -2.30. The molecule has 0 saturated carbocycles. The van der Waals surface area contributed by atoms with Crippen LogP contribution in [0, 0.1) is 5.82 Å². The van der Waals surface area contributed by atoms with E-state index in [1.54, 1.807) is 12.3 Å². The fourth-order valence-electron chi connectivity index (χ4n) is 2.00. The standard InChI is InChI=1S/C16H19ClFN5O/c1-23(2)11-8-15(22-21-10-11)19-6-7-20-16(24)9-12-13(17)4-3-5-14(12)18/h3-5,8,10H,6-7,9H2,1-2H3,(H,19,22)(H,20,24). The topological polar surface area (TPSA) is 70.2 Å². The van der Waals surface area contributed by atoms with Gasteiger partial charge in [0.05, 0.1) is 18.3 Å².